The van der Waals surface area contributed by atoms with Gasteiger partial charge in [-0.25, -0.2) is 0 Å². The van der Waals surface area contributed by atoms with Gasteiger partial charge in [0.05, 0.1) is 26.4 Å². The predicted octanol–water partition coefficient (Wildman–Crippen LogP) is 5.95. The highest BCUT2D eigenvalue weighted by Gasteiger charge is 2.47. The van der Waals surface area contributed by atoms with E-state index in [1.54, 1.807) is 0 Å². The van der Waals surface area contributed by atoms with Crippen molar-refractivity contribution in [3.05, 3.63) is 72.9 Å². The number of esters is 1. The molecule has 2 fully saturated rings. The van der Waals surface area contributed by atoms with Crippen molar-refractivity contribution in [2.24, 2.45) is 0 Å². The predicted molar refractivity (Wildman–Crippen MR) is 242 cm³/mol. The first-order valence-electron chi connectivity index (χ1n) is 23.5. The number of carbonyl (C=O) groups is 1. The molecule has 0 aromatic heterocycles. The number of ether oxygens (including phenoxy) is 6. The number of carbonyl (C=O) groups excluding carboxylic acids is 1. The molecule has 2 aliphatic rings. The second-order valence-electron chi connectivity index (χ2n) is 16.2. The molecule has 0 radical (unpaired) electrons. The van der Waals surface area contributed by atoms with Gasteiger partial charge in [0.2, 0.25) is 0 Å². The van der Waals surface area contributed by atoms with E-state index in [-0.39, 0.29) is 19.6 Å². The number of hydrogen-bond donors (Lipinski definition) is 7. The lowest BCUT2D eigenvalue weighted by atomic mass is 9.98. The first-order chi connectivity index (χ1) is 30.6. The Bertz CT molecular complexity index is 1310. The molecule has 2 rings (SSSR count). The average molecular weight is 895 g/mol. The molecule has 0 spiro atoms. The maximum atomic E-state index is 12.6. The minimum absolute atomic E-state index is 0.0474. The molecule has 0 amide bonds. The van der Waals surface area contributed by atoms with Crippen molar-refractivity contribution in [3.63, 3.8) is 0 Å². The zero-order chi connectivity index (χ0) is 45.9. The molecule has 2 heterocycles. The molecule has 2 saturated heterocycles. The minimum Gasteiger partial charge on any atom is -0.457 e. The highest BCUT2D eigenvalue weighted by atomic mass is 16.7. The first-order valence-corrected chi connectivity index (χ1v) is 23.5. The third kappa shape index (κ3) is 25.1. The monoisotopic (exact) mass is 895 g/mol. The van der Waals surface area contributed by atoms with Crippen LogP contribution in [0.15, 0.2) is 72.9 Å². The fourth-order valence-electron chi connectivity index (χ4n) is 6.87. The summed E-state index contributed by atoms with van der Waals surface area (Å²) in [5.74, 6) is -0.409. The lowest BCUT2D eigenvalue weighted by Gasteiger charge is -2.42. The fourth-order valence-corrected chi connectivity index (χ4v) is 6.87. The van der Waals surface area contributed by atoms with Crippen molar-refractivity contribution in [1.82, 2.24) is 0 Å². The Morgan fingerprint density at radius 2 is 1.03 bits per heavy atom. The molecule has 0 aromatic rings. The van der Waals surface area contributed by atoms with E-state index >= 15 is 0 Å². The molecular weight excluding hydrogens is 813 g/mol. The molecule has 63 heavy (non-hydrogen) atoms. The lowest BCUT2D eigenvalue weighted by Crippen LogP contribution is -2.61. The largest absolute Gasteiger partial charge is 0.457 e. The zero-order valence-corrected chi connectivity index (χ0v) is 38.0. The molecule has 2 aliphatic heterocycles. The average Bonchev–Trinajstić information content (AvgIpc) is 3.28. The van der Waals surface area contributed by atoms with Crippen molar-refractivity contribution in [2.45, 2.75) is 197 Å². The van der Waals surface area contributed by atoms with Gasteiger partial charge in [0, 0.05) is 13.0 Å². The second kappa shape index (κ2) is 36.6. The van der Waals surface area contributed by atoms with Crippen LogP contribution in [0.3, 0.4) is 0 Å². The van der Waals surface area contributed by atoms with Crippen molar-refractivity contribution in [3.8, 4) is 0 Å². The molecule has 14 nitrogen and oxygen atoms in total. The van der Waals surface area contributed by atoms with Crippen LogP contribution >= 0.6 is 0 Å². The van der Waals surface area contributed by atoms with Gasteiger partial charge in [-0.05, 0) is 64.2 Å². The summed E-state index contributed by atoms with van der Waals surface area (Å²) in [6.45, 7) is 3.32. The summed E-state index contributed by atoms with van der Waals surface area (Å²) in [6, 6.07) is 0. The van der Waals surface area contributed by atoms with Crippen LogP contribution in [0.25, 0.3) is 0 Å². The number of aliphatic hydroxyl groups is 7. The van der Waals surface area contributed by atoms with Crippen molar-refractivity contribution < 1.29 is 69.0 Å². The van der Waals surface area contributed by atoms with Gasteiger partial charge in [-0.2, -0.15) is 0 Å². The number of aliphatic hydroxyl groups excluding tert-OH is 7. The summed E-state index contributed by atoms with van der Waals surface area (Å²) in [4.78, 5) is 12.6. The van der Waals surface area contributed by atoms with E-state index in [1.807, 2.05) is 6.92 Å². The van der Waals surface area contributed by atoms with Crippen LogP contribution in [0, 0.1) is 0 Å². The number of unbranched alkanes of at least 4 members (excludes halogenated alkanes) is 9. The summed E-state index contributed by atoms with van der Waals surface area (Å²) in [7, 11) is 0. The molecule has 0 saturated carbocycles. The van der Waals surface area contributed by atoms with Crippen LogP contribution in [0.2, 0.25) is 0 Å². The molecule has 14 heteroatoms. The Hall–Kier alpha value is -2.57. The van der Waals surface area contributed by atoms with Gasteiger partial charge in [0.15, 0.2) is 12.6 Å². The van der Waals surface area contributed by atoms with Gasteiger partial charge in [-0.3, -0.25) is 4.79 Å². The molecule has 0 bridgehead atoms. The molecule has 0 aliphatic carbocycles. The van der Waals surface area contributed by atoms with E-state index in [9.17, 15) is 40.5 Å². The number of allylic oxidation sites excluding steroid dienone is 12. The van der Waals surface area contributed by atoms with E-state index < -0.39 is 86.7 Å². The van der Waals surface area contributed by atoms with Crippen LogP contribution in [0.1, 0.15) is 129 Å². The highest BCUT2D eigenvalue weighted by molar-refractivity contribution is 5.69. The normalized spacial score (nSPS) is 27.6. The van der Waals surface area contributed by atoms with E-state index in [0.29, 0.717) is 13.0 Å². The Labute approximate surface area is 377 Å². The van der Waals surface area contributed by atoms with Crippen LogP contribution in [-0.4, -0.2) is 142 Å². The van der Waals surface area contributed by atoms with Gasteiger partial charge in [0.1, 0.15) is 54.9 Å². The van der Waals surface area contributed by atoms with Crippen LogP contribution in [-0.2, 0) is 33.2 Å². The zero-order valence-electron chi connectivity index (χ0n) is 38.0. The summed E-state index contributed by atoms with van der Waals surface area (Å²) < 4.78 is 33.8. The Balaban J connectivity index is 1.62. The third-order valence-corrected chi connectivity index (χ3v) is 10.7. The van der Waals surface area contributed by atoms with Gasteiger partial charge in [-0.1, -0.05) is 132 Å². The SMILES string of the molecule is CC/C=C\C/C=C\C/C=C\C/C=C\C/C=C\C/C=C\CCCCCCCCCOCC(COC1OC(COC2OC(CO)C(O)C(O)C2O)C(O)C(O)C1O)OC(=O)CCCCC. The topological polar surface area (TPSA) is 214 Å². The maximum absolute atomic E-state index is 12.6. The van der Waals surface area contributed by atoms with Crippen LogP contribution in [0.4, 0.5) is 0 Å². The highest BCUT2D eigenvalue weighted by Crippen LogP contribution is 2.26. The van der Waals surface area contributed by atoms with E-state index in [4.69, 9.17) is 28.4 Å². The molecule has 7 N–H and O–H groups in total. The third-order valence-electron chi connectivity index (χ3n) is 10.7. The fraction of sp³-hybridized carbons (Fsp3) is 0.735. The lowest BCUT2D eigenvalue weighted by molar-refractivity contribution is -0.332. The Morgan fingerprint density at radius 3 is 1.59 bits per heavy atom. The van der Waals surface area contributed by atoms with E-state index in [2.05, 4.69) is 79.8 Å². The second-order valence-corrected chi connectivity index (χ2v) is 16.2. The van der Waals surface area contributed by atoms with Crippen LogP contribution in [0.5, 0.6) is 0 Å². The Morgan fingerprint density at radius 1 is 0.540 bits per heavy atom. The Kier molecular flexibility index (Phi) is 32.9. The minimum atomic E-state index is -1.71. The molecule has 362 valence electrons. The summed E-state index contributed by atoms with van der Waals surface area (Å²) >= 11 is 0. The van der Waals surface area contributed by atoms with Crippen molar-refractivity contribution in [1.29, 1.82) is 0 Å². The smallest absolute Gasteiger partial charge is 0.306 e. The van der Waals surface area contributed by atoms with E-state index in [0.717, 1.165) is 83.5 Å². The van der Waals surface area contributed by atoms with Crippen molar-refractivity contribution >= 4 is 5.97 Å². The summed E-state index contributed by atoms with van der Waals surface area (Å²) in [5, 5.41) is 71.6. The van der Waals surface area contributed by atoms with Crippen molar-refractivity contribution in [2.75, 3.05) is 33.0 Å². The summed E-state index contributed by atoms with van der Waals surface area (Å²) in [6.07, 6.45) is 27.9. The molecule has 0 aromatic carbocycles. The van der Waals surface area contributed by atoms with Gasteiger partial charge < -0.3 is 64.2 Å². The molecule has 11 atom stereocenters. The van der Waals surface area contributed by atoms with Gasteiger partial charge in [0.25, 0.3) is 0 Å². The number of rotatable bonds is 35. The quantitative estimate of drug-likeness (QED) is 0.0223. The van der Waals surface area contributed by atoms with E-state index in [1.165, 1.54) is 19.3 Å². The molecular formula is C49H82O14. The summed E-state index contributed by atoms with van der Waals surface area (Å²) in [5.41, 5.74) is 0. The van der Waals surface area contributed by atoms with Crippen LogP contribution < -0.4 is 0 Å². The van der Waals surface area contributed by atoms with Gasteiger partial charge in [-0.15, -0.1) is 0 Å². The first kappa shape index (κ1) is 56.6. The standard InChI is InChI=1S/C49H82O14/c1-3-5-7-8-9-10-11-12-13-14-15-16-17-18-19-20-21-22-23-24-25-26-27-28-29-31-33-58-35-38(61-41(51)32-30-6-4-2)36-59-48-47(57)45(55)43(53)40(63-48)37-60-49-46(56)44(54)42(52)39(34-50)62-49/h5,7,9-10,12-13,15-16,18-19,21-22,38-40,42-50,52-57H,3-4,6,8,11,14,17,20,23-37H2,1-2H3/b7-5-,10-9-,13-12-,16-15-,19-18-,22-21-. The maximum Gasteiger partial charge on any atom is 0.306 e. The number of hydrogen-bond acceptors (Lipinski definition) is 14. The molecule has 11 unspecified atom stereocenters. The van der Waals surface area contributed by atoms with Gasteiger partial charge >= 0.3 is 5.97 Å².